The van der Waals surface area contributed by atoms with E-state index in [0.717, 1.165) is 0 Å². The van der Waals surface area contributed by atoms with E-state index in [1.54, 1.807) is 0 Å². The smallest absolute Gasteiger partial charge is 0.334 e. The minimum atomic E-state index is -1.17. The van der Waals surface area contributed by atoms with Gasteiger partial charge in [0.25, 0.3) is 0 Å². The van der Waals surface area contributed by atoms with Crippen LogP contribution in [0.15, 0.2) is 48.1 Å². The lowest BCUT2D eigenvalue weighted by Crippen LogP contribution is -2.41. The normalized spacial score (nSPS) is 33.4. The van der Waals surface area contributed by atoms with Crippen LogP contribution in [0.4, 0.5) is 0 Å². The summed E-state index contributed by atoms with van der Waals surface area (Å²) in [5, 5.41) is 10.6. The number of aliphatic hydroxyl groups excluding tert-OH is 1. The number of aliphatic hydroxyl groups is 1. The summed E-state index contributed by atoms with van der Waals surface area (Å²) < 4.78 is 16.1. The van der Waals surface area contributed by atoms with Crippen molar-refractivity contribution in [2.75, 3.05) is 7.11 Å². The summed E-state index contributed by atoms with van der Waals surface area (Å²) in [6, 6.07) is 0. The molecule has 1 saturated heterocycles. The summed E-state index contributed by atoms with van der Waals surface area (Å²) in [7, 11) is 1.45. The Hall–Kier alpha value is -2.51. The lowest BCUT2D eigenvalue weighted by molar-refractivity contribution is -0.148. The first-order chi connectivity index (χ1) is 12.7. The Kier molecular flexibility index (Phi) is 6.51. The maximum Gasteiger partial charge on any atom is 0.334 e. The van der Waals surface area contributed by atoms with Crippen LogP contribution in [-0.2, 0) is 28.6 Å². The Labute approximate surface area is 158 Å². The molecule has 0 aromatic rings. The van der Waals surface area contributed by atoms with E-state index in [2.05, 4.69) is 19.7 Å². The van der Waals surface area contributed by atoms with Crippen LogP contribution in [0.25, 0.3) is 0 Å². The summed E-state index contributed by atoms with van der Waals surface area (Å²) in [4.78, 5) is 35.9. The Morgan fingerprint density at radius 1 is 1.41 bits per heavy atom. The van der Waals surface area contributed by atoms with Crippen LogP contribution >= 0.6 is 0 Å². The van der Waals surface area contributed by atoms with Gasteiger partial charge in [-0.25, -0.2) is 9.59 Å². The lowest BCUT2D eigenvalue weighted by Gasteiger charge is -2.31. The van der Waals surface area contributed by atoms with Crippen molar-refractivity contribution in [2.45, 2.75) is 44.2 Å². The molecule has 1 aliphatic carbocycles. The number of ether oxygens (including phenoxy) is 3. The average Bonchev–Trinajstić information content (AvgIpc) is 2.93. The quantitative estimate of drug-likeness (QED) is 0.343. The van der Waals surface area contributed by atoms with Crippen molar-refractivity contribution in [3.05, 3.63) is 48.1 Å². The lowest BCUT2D eigenvalue weighted by atomic mass is 9.82. The van der Waals surface area contributed by atoms with Crippen LogP contribution in [0.3, 0.4) is 0 Å². The summed E-state index contributed by atoms with van der Waals surface area (Å²) in [6.07, 6.45) is -1.08. The third kappa shape index (κ3) is 4.26. The molecule has 0 saturated carbocycles. The molecule has 0 unspecified atom stereocenters. The van der Waals surface area contributed by atoms with Crippen molar-refractivity contribution >= 4 is 18.2 Å². The fourth-order valence-corrected chi connectivity index (χ4v) is 3.22. The van der Waals surface area contributed by atoms with Crippen molar-refractivity contribution in [3.63, 3.8) is 0 Å². The molecule has 1 fully saturated rings. The second-order valence-electron chi connectivity index (χ2n) is 6.72. The zero-order chi connectivity index (χ0) is 20.3. The van der Waals surface area contributed by atoms with Crippen molar-refractivity contribution in [1.29, 1.82) is 0 Å². The number of fused-ring (bicyclic) bond motifs is 1. The van der Waals surface area contributed by atoms with Gasteiger partial charge in [-0.2, -0.15) is 0 Å². The van der Waals surface area contributed by atoms with Gasteiger partial charge in [-0.05, 0) is 31.4 Å². The second-order valence-corrected chi connectivity index (χ2v) is 6.72. The van der Waals surface area contributed by atoms with Gasteiger partial charge in [0, 0.05) is 23.8 Å². The molecule has 27 heavy (non-hydrogen) atoms. The maximum absolute atomic E-state index is 12.1. The molecule has 7 heteroatoms. The standard InChI is InChI=1S/C20H24O7/c1-10(2)19(23)26-15-8-13(9-21)14(25-5)7-6-11(3)17(22)18-16(15)12(4)20(24)27-18/h8-9,14-18,22H,1,3-4,6-7H2,2,5H3/b13-8-/t14-,15-,16-,17+,18+/m1/s1. The van der Waals surface area contributed by atoms with Crippen molar-refractivity contribution in [3.8, 4) is 0 Å². The van der Waals surface area contributed by atoms with Crippen LogP contribution in [0.1, 0.15) is 19.8 Å². The second kappa shape index (κ2) is 8.45. The third-order valence-electron chi connectivity index (χ3n) is 4.81. The first-order valence-corrected chi connectivity index (χ1v) is 8.52. The number of aldehydes is 1. The van der Waals surface area contributed by atoms with Crippen molar-refractivity contribution in [2.24, 2.45) is 5.92 Å². The fourth-order valence-electron chi connectivity index (χ4n) is 3.22. The molecular formula is C20H24O7. The first kappa shape index (κ1) is 20.8. The van der Waals surface area contributed by atoms with Crippen molar-refractivity contribution < 1.29 is 33.7 Å². The molecule has 2 aliphatic rings. The first-order valence-electron chi connectivity index (χ1n) is 8.52. The minimum Gasteiger partial charge on any atom is -0.455 e. The van der Waals surface area contributed by atoms with Gasteiger partial charge in [0.15, 0.2) is 0 Å². The van der Waals surface area contributed by atoms with E-state index < -0.39 is 42.3 Å². The van der Waals surface area contributed by atoms with Crippen LogP contribution in [0.2, 0.25) is 0 Å². The molecule has 0 aromatic heterocycles. The number of rotatable bonds is 4. The number of methoxy groups -OCH3 is 1. The molecule has 0 radical (unpaired) electrons. The highest BCUT2D eigenvalue weighted by atomic mass is 16.6. The Balaban J connectivity index is 2.58. The van der Waals surface area contributed by atoms with Gasteiger partial charge in [-0.1, -0.05) is 19.7 Å². The van der Waals surface area contributed by atoms with Gasteiger partial charge < -0.3 is 19.3 Å². The van der Waals surface area contributed by atoms with Crippen LogP contribution < -0.4 is 0 Å². The molecule has 1 aliphatic heterocycles. The van der Waals surface area contributed by atoms with E-state index >= 15 is 0 Å². The van der Waals surface area contributed by atoms with Crippen LogP contribution in [0, 0.1) is 5.92 Å². The molecule has 5 atom stereocenters. The SMILES string of the molecule is C=C(C)C(=O)O[C@@H]1/C=C(/C=O)[C@H](OC)CCC(=C)[C@H](O)[C@H]2OC(=O)C(=C)[C@@H]21. The molecule has 7 nitrogen and oxygen atoms in total. The Morgan fingerprint density at radius 3 is 2.63 bits per heavy atom. The average molecular weight is 376 g/mol. The molecule has 0 aromatic carbocycles. The van der Waals surface area contributed by atoms with Gasteiger partial charge in [0.1, 0.15) is 24.6 Å². The fraction of sp³-hybridized carbons (Fsp3) is 0.450. The summed E-state index contributed by atoms with van der Waals surface area (Å²) in [5.74, 6) is -2.28. The Bertz CT molecular complexity index is 718. The molecule has 0 bridgehead atoms. The highest BCUT2D eigenvalue weighted by Crippen LogP contribution is 2.37. The van der Waals surface area contributed by atoms with E-state index in [1.807, 2.05) is 0 Å². The van der Waals surface area contributed by atoms with Gasteiger partial charge in [0.2, 0.25) is 0 Å². The zero-order valence-electron chi connectivity index (χ0n) is 15.5. The molecule has 0 amide bonds. The molecule has 0 spiro atoms. The van der Waals surface area contributed by atoms with E-state index in [1.165, 1.54) is 20.1 Å². The molecular weight excluding hydrogens is 352 g/mol. The zero-order valence-corrected chi connectivity index (χ0v) is 15.5. The Morgan fingerprint density at radius 2 is 2.07 bits per heavy atom. The summed E-state index contributed by atoms with van der Waals surface area (Å²) >= 11 is 0. The van der Waals surface area contributed by atoms with E-state index in [0.29, 0.717) is 24.7 Å². The maximum atomic E-state index is 12.1. The number of esters is 2. The predicted octanol–water partition coefficient (Wildman–Crippen LogP) is 1.42. The largest absolute Gasteiger partial charge is 0.455 e. The summed E-state index contributed by atoms with van der Waals surface area (Å²) in [5.41, 5.74) is 0.870. The molecule has 1 N–H and O–H groups in total. The molecule has 1 heterocycles. The van der Waals surface area contributed by atoms with Crippen LogP contribution in [-0.4, -0.2) is 54.9 Å². The van der Waals surface area contributed by atoms with Crippen molar-refractivity contribution in [1.82, 2.24) is 0 Å². The van der Waals surface area contributed by atoms with Gasteiger partial charge in [-0.3, -0.25) is 4.79 Å². The predicted molar refractivity (Wildman–Crippen MR) is 96.5 cm³/mol. The third-order valence-corrected chi connectivity index (χ3v) is 4.81. The van der Waals surface area contributed by atoms with Crippen LogP contribution in [0.5, 0.6) is 0 Å². The highest BCUT2D eigenvalue weighted by molar-refractivity contribution is 5.92. The molecule has 2 rings (SSSR count). The number of hydrogen-bond acceptors (Lipinski definition) is 7. The minimum absolute atomic E-state index is 0.0439. The number of carbonyl (C=O) groups excluding carboxylic acids is 3. The van der Waals surface area contributed by atoms with Gasteiger partial charge in [0.05, 0.1) is 12.0 Å². The van der Waals surface area contributed by atoms with Gasteiger partial charge in [-0.15, -0.1) is 0 Å². The van der Waals surface area contributed by atoms with E-state index in [4.69, 9.17) is 14.2 Å². The topological polar surface area (TPSA) is 99.1 Å². The number of hydrogen-bond donors (Lipinski definition) is 1. The monoisotopic (exact) mass is 376 g/mol. The van der Waals surface area contributed by atoms with E-state index in [9.17, 15) is 19.5 Å². The highest BCUT2D eigenvalue weighted by Gasteiger charge is 2.48. The van der Waals surface area contributed by atoms with E-state index in [-0.39, 0.29) is 16.7 Å². The molecule has 146 valence electrons. The summed E-state index contributed by atoms with van der Waals surface area (Å²) in [6.45, 7) is 12.6. The number of carbonyl (C=O) groups is 3. The van der Waals surface area contributed by atoms with Gasteiger partial charge >= 0.3 is 11.9 Å².